The number of Topliss-reactive ketones (excluding diaryl/α,β-unsaturated/α-hetero) is 1. The summed E-state index contributed by atoms with van der Waals surface area (Å²) >= 11 is 0. The van der Waals surface area contributed by atoms with Crippen molar-refractivity contribution in [3.8, 4) is 0 Å². The van der Waals surface area contributed by atoms with Crippen LogP contribution in [0.2, 0.25) is 0 Å². The molecule has 0 saturated carbocycles. The molecule has 1 aromatic carbocycles. The molecule has 0 bridgehead atoms. The van der Waals surface area contributed by atoms with Crippen LogP contribution in [0.25, 0.3) is 0 Å². The lowest BCUT2D eigenvalue weighted by Gasteiger charge is -2.12. The van der Waals surface area contributed by atoms with Crippen molar-refractivity contribution in [3.05, 3.63) is 35.4 Å². The number of carbonyl (C=O) groups is 1. The monoisotopic (exact) mass is 233 g/mol. The van der Waals surface area contributed by atoms with E-state index in [1.54, 1.807) is 0 Å². The van der Waals surface area contributed by atoms with Gasteiger partial charge in [0.1, 0.15) is 0 Å². The molecule has 1 rings (SSSR count). The molecule has 2 N–H and O–H groups in total. The van der Waals surface area contributed by atoms with Crippen LogP contribution in [0.4, 0.5) is 0 Å². The van der Waals surface area contributed by atoms with E-state index in [9.17, 15) is 4.79 Å². The highest BCUT2D eigenvalue weighted by molar-refractivity contribution is 5.96. The fourth-order valence-corrected chi connectivity index (χ4v) is 2.09. The molecule has 0 aliphatic rings. The maximum atomic E-state index is 12.0. The quantitative estimate of drug-likeness (QED) is 0.734. The standard InChI is InChI=1S/C15H23NO/c1-3-13(9-10-16)7-8-15(17)14-6-4-5-12(2)11-14/h4-6,11,13H,3,7-10,16H2,1-2H3. The van der Waals surface area contributed by atoms with Crippen molar-refractivity contribution in [3.63, 3.8) is 0 Å². The number of ketones is 1. The Balaban J connectivity index is 2.49. The molecule has 0 aromatic heterocycles. The molecule has 0 fully saturated rings. The molecular weight excluding hydrogens is 210 g/mol. The van der Waals surface area contributed by atoms with E-state index in [1.807, 2.05) is 31.2 Å². The lowest BCUT2D eigenvalue weighted by molar-refractivity contribution is 0.0972. The number of aryl methyl sites for hydroxylation is 1. The Hall–Kier alpha value is -1.15. The second-order valence-corrected chi connectivity index (χ2v) is 4.68. The summed E-state index contributed by atoms with van der Waals surface area (Å²) in [6.45, 7) is 4.90. The highest BCUT2D eigenvalue weighted by Crippen LogP contribution is 2.17. The first-order chi connectivity index (χ1) is 8.17. The molecule has 1 unspecified atom stereocenters. The minimum absolute atomic E-state index is 0.254. The van der Waals surface area contributed by atoms with Gasteiger partial charge in [-0.15, -0.1) is 0 Å². The molecule has 0 aliphatic carbocycles. The normalized spacial score (nSPS) is 12.4. The van der Waals surface area contributed by atoms with Gasteiger partial charge in [0.2, 0.25) is 0 Å². The Labute approximate surface area is 104 Å². The Kier molecular flexibility index (Phi) is 5.92. The number of nitrogens with two attached hydrogens (primary N) is 1. The van der Waals surface area contributed by atoms with Crippen molar-refractivity contribution in [1.82, 2.24) is 0 Å². The van der Waals surface area contributed by atoms with Gasteiger partial charge in [0, 0.05) is 12.0 Å². The van der Waals surface area contributed by atoms with Gasteiger partial charge in [0.15, 0.2) is 5.78 Å². The van der Waals surface area contributed by atoms with Gasteiger partial charge in [-0.2, -0.15) is 0 Å². The van der Waals surface area contributed by atoms with Crippen LogP contribution in [0.1, 0.15) is 48.5 Å². The van der Waals surface area contributed by atoms with Crippen LogP contribution in [0.15, 0.2) is 24.3 Å². The van der Waals surface area contributed by atoms with Gasteiger partial charge in [-0.3, -0.25) is 4.79 Å². The van der Waals surface area contributed by atoms with E-state index in [4.69, 9.17) is 5.73 Å². The zero-order chi connectivity index (χ0) is 12.7. The summed E-state index contributed by atoms with van der Waals surface area (Å²) in [5.74, 6) is 0.845. The van der Waals surface area contributed by atoms with E-state index < -0.39 is 0 Å². The van der Waals surface area contributed by atoms with E-state index >= 15 is 0 Å². The number of hydrogen-bond donors (Lipinski definition) is 1. The van der Waals surface area contributed by atoms with Crippen molar-refractivity contribution >= 4 is 5.78 Å². The summed E-state index contributed by atoms with van der Waals surface area (Å²) in [6, 6.07) is 7.82. The predicted molar refractivity (Wildman–Crippen MR) is 72.2 cm³/mol. The Bertz CT molecular complexity index is 360. The molecule has 0 saturated heterocycles. The average Bonchev–Trinajstić information content (AvgIpc) is 2.34. The minimum Gasteiger partial charge on any atom is -0.330 e. The molecule has 0 aliphatic heterocycles. The topological polar surface area (TPSA) is 43.1 Å². The zero-order valence-corrected chi connectivity index (χ0v) is 10.9. The largest absolute Gasteiger partial charge is 0.330 e. The molecule has 0 radical (unpaired) electrons. The molecule has 0 amide bonds. The van der Waals surface area contributed by atoms with Crippen LogP contribution in [0.5, 0.6) is 0 Å². The average molecular weight is 233 g/mol. The van der Waals surface area contributed by atoms with Crippen LogP contribution >= 0.6 is 0 Å². The third kappa shape index (κ3) is 4.70. The van der Waals surface area contributed by atoms with Gasteiger partial charge in [0.05, 0.1) is 0 Å². The van der Waals surface area contributed by atoms with Crippen LogP contribution < -0.4 is 5.73 Å². The van der Waals surface area contributed by atoms with E-state index in [0.717, 1.165) is 36.9 Å². The first kappa shape index (κ1) is 13.9. The molecular formula is C15H23NO. The fourth-order valence-electron chi connectivity index (χ4n) is 2.09. The van der Waals surface area contributed by atoms with Gasteiger partial charge in [0.25, 0.3) is 0 Å². The lowest BCUT2D eigenvalue weighted by atomic mass is 9.93. The number of rotatable bonds is 7. The number of hydrogen-bond acceptors (Lipinski definition) is 2. The smallest absolute Gasteiger partial charge is 0.162 e. The highest BCUT2D eigenvalue weighted by atomic mass is 16.1. The molecule has 0 spiro atoms. The highest BCUT2D eigenvalue weighted by Gasteiger charge is 2.10. The van der Waals surface area contributed by atoms with Crippen molar-refractivity contribution in [1.29, 1.82) is 0 Å². The maximum absolute atomic E-state index is 12.0. The molecule has 0 heterocycles. The summed E-state index contributed by atoms with van der Waals surface area (Å²) < 4.78 is 0. The van der Waals surface area contributed by atoms with Crippen LogP contribution in [-0.2, 0) is 0 Å². The fraction of sp³-hybridized carbons (Fsp3) is 0.533. The Morgan fingerprint density at radius 3 is 2.71 bits per heavy atom. The van der Waals surface area contributed by atoms with Crippen molar-refractivity contribution in [2.75, 3.05) is 6.54 Å². The Morgan fingerprint density at radius 1 is 1.35 bits per heavy atom. The van der Waals surface area contributed by atoms with Crippen LogP contribution in [0, 0.1) is 12.8 Å². The summed E-state index contributed by atoms with van der Waals surface area (Å²) in [5.41, 5.74) is 7.54. The molecule has 2 nitrogen and oxygen atoms in total. The molecule has 1 atom stereocenters. The molecule has 2 heteroatoms. The minimum atomic E-state index is 0.254. The zero-order valence-electron chi connectivity index (χ0n) is 10.9. The van der Waals surface area contributed by atoms with Crippen molar-refractivity contribution in [2.24, 2.45) is 11.7 Å². The third-order valence-corrected chi connectivity index (χ3v) is 3.27. The van der Waals surface area contributed by atoms with Crippen molar-refractivity contribution in [2.45, 2.75) is 39.5 Å². The van der Waals surface area contributed by atoms with Gasteiger partial charge in [-0.1, -0.05) is 37.1 Å². The first-order valence-corrected chi connectivity index (χ1v) is 6.47. The predicted octanol–water partition coefficient (Wildman–Crippen LogP) is 3.33. The van der Waals surface area contributed by atoms with Crippen molar-refractivity contribution < 1.29 is 4.79 Å². The number of benzene rings is 1. The SMILES string of the molecule is CCC(CCN)CCC(=O)c1cccc(C)c1. The molecule has 94 valence electrons. The van der Waals surface area contributed by atoms with E-state index in [2.05, 4.69) is 6.92 Å². The van der Waals surface area contributed by atoms with E-state index in [1.165, 1.54) is 0 Å². The van der Waals surface area contributed by atoms with Gasteiger partial charge < -0.3 is 5.73 Å². The number of carbonyl (C=O) groups excluding carboxylic acids is 1. The first-order valence-electron chi connectivity index (χ1n) is 6.47. The summed E-state index contributed by atoms with van der Waals surface area (Å²) in [4.78, 5) is 12.0. The lowest BCUT2D eigenvalue weighted by Crippen LogP contribution is -2.10. The van der Waals surface area contributed by atoms with Crippen LogP contribution in [0.3, 0.4) is 0 Å². The Morgan fingerprint density at radius 2 is 2.12 bits per heavy atom. The van der Waals surface area contributed by atoms with Gasteiger partial charge in [-0.25, -0.2) is 0 Å². The second kappa shape index (κ2) is 7.23. The molecule has 17 heavy (non-hydrogen) atoms. The maximum Gasteiger partial charge on any atom is 0.162 e. The van der Waals surface area contributed by atoms with E-state index in [0.29, 0.717) is 12.3 Å². The van der Waals surface area contributed by atoms with Crippen LogP contribution in [-0.4, -0.2) is 12.3 Å². The summed E-state index contributed by atoms with van der Waals surface area (Å²) in [5, 5.41) is 0. The van der Waals surface area contributed by atoms with E-state index in [-0.39, 0.29) is 5.78 Å². The molecule has 1 aromatic rings. The van der Waals surface area contributed by atoms with Gasteiger partial charge >= 0.3 is 0 Å². The van der Waals surface area contributed by atoms with Gasteiger partial charge in [-0.05, 0) is 38.3 Å². The second-order valence-electron chi connectivity index (χ2n) is 4.68. The summed E-state index contributed by atoms with van der Waals surface area (Å²) in [6.07, 6.45) is 3.73. The summed E-state index contributed by atoms with van der Waals surface area (Å²) in [7, 11) is 0. The third-order valence-electron chi connectivity index (χ3n) is 3.27.